The third kappa shape index (κ3) is 3.55. The van der Waals surface area contributed by atoms with Crippen LogP contribution in [0.3, 0.4) is 0 Å². The summed E-state index contributed by atoms with van der Waals surface area (Å²) < 4.78 is 0. The maximum atomic E-state index is 9.92. The summed E-state index contributed by atoms with van der Waals surface area (Å²) in [6.45, 7) is 0. The molecule has 2 aromatic carbocycles. The molecule has 0 spiro atoms. The predicted octanol–water partition coefficient (Wildman–Crippen LogP) is 4.01. The Bertz CT molecular complexity index is 1110. The molecule has 7 heteroatoms. The second kappa shape index (κ2) is 8.30. The van der Waals surface area contributed by atoms with Gasteiger partial charge < -0.3 is 26.2 Å². The molecule has 0 aliphatic rings. The molecule has 0 saturated carbocycles. The van der Waals surface area contributed by atoms with Gasteiger partial charge >= 0.3 is 0 Å². The van der Waals surface area contributed by atoms with E-state index in [9.17, 15) is 10.2 Å². The van der Waals surface area contributed by atoms with Crippen LogP contribution >= 0.6 is 0 Å². The molecule has 0 saturated heterocycles. The number of phenolic OH excluding ortho intramolecular Hbond substituents is 2. The van der Waals surface area contributed by atoms with Crippen molar-refractivity contribution in [2.24, 2.45) is 0 Å². The highest BCUT2D eigenvalue weighted by Gasteiger charge is 2.10. The van der Waals surface area contributed by atoms with Crippen LogP contribution in [0.4, 0.5) is 17.1 Å². The maximum Gasteiger partial charge on any atom is 0.165 e. The van der Waals surface area contributed by atoms with Gasteiger partial charge in [-0.1, -0.05) is 12.1 Å². The van der Waals surface area contributed by atoms with Gasteiger partial charge in [0.1, 0.15) is 11.0 Å². The van der Waals surface area contributed by atoms with Crippen molar-refractivity contribution in [3.63, 3.8) is 0 Å². The number of phenols is 2. The third-order valence-electron chi connectivity index (χ3n) is 4.42. The van der Waals surface area contributed by atoms with Crippen LogP contribution in [0.5, 0.6) is 11.5 Å². The Morgan fingerprint density at radius 1 is 0.679 bits per heavy atom. The van der Waals surface area contributed by atoms with Gasteiger partial charge in [-0.3, -0.25) is 9.97 Å². The van der Waals surface area contributed by atoms with E-state index in [-0.39, 0.29) is 11.5 Å². The summed E-state index contributed by atoms with van der Waals surface area (Å²) in [5.74, 6) is 0.396. The van der Waals surface area contributed by atoms with Crippen LogP contribution in [0.15, 0.2) is 54.9 Å². The van der Waals surface area contributed by atoms with Crippen molar-refractivity contribution in [3.8, 4) is 11.5 Å². The van der Waals surface area contributed by atoms with Gasteiger partial charge in [-0.25, -0.2) is 0 Å². The molecule has 0 aliphatic carbocycles. The Balaban J connectivity index is 0.000000162. The molecule has 5 N–H and O–H groups in total. The average molecular weight is 377 g/mol. The number of anilines is 3. The summed E-state index contributed by atoms with van der Waals surface area (Å²) in [6, 6.07) is 13.2. The summed E-state index contributed by atoms with van der Waals surface area (Å²) >= 11 is 0. The molecular weight excluding hydrogens is 354 g/mol. The highest BCUT2D eigenvalue weighted by molar-refractivity contribution is 5.99. The molecule has 4 rings (SSSR count). The van der Waals surface area contributed by atoms with Crippen LogP contribution in [0.25, 0.3) is 21.8 Å². The van der Waals surface area contributed by atoms with Crippen molar-refractivity contribution in [3.05, 3.63) is 54.9 Å². The van der Waals surface area contributed by atoms with Crippen molar-refractivity contribution >= 4 is 38.9 Å². The fourth-order valence-electron chi connectivity index (χ4n) is 2.96. The summed E-state index contributed by atoms with van der Waals surface area (Å²) in [5.41, 5.74) is 3.56. The zero-order valence-corrected chi connectivity index (χ0v) is 16.0. The first-order valence-electron chi connectivity index (χ1n) is 8.81. The van der Waals surface area contributed by atoms with E-state index >= 15 is 0 Å². The SMILES string of the molecule is CNc1cc(NC)c2cccnc2c1O.CNc1ccc2cccnc2c1O. The number of hydrogen-bond donors (Lipinski definition) is 5. The van der Waals surface area contributed by atoms with E-state index in [2.05, 4.69) is 25.9 Å². The molecule has 28 heavy (non-hydrogen) atoms. The first-order chi connectivity index (χ1) is 13.6. The number of aromatic nitrogens is 2. The molecule has 0 amide bonds. The van der Waals surface area contributed by atoms with Crippen LogP contribution in [-0.4, -0.2) is 41.3 Å². The minimum atomic E-state index is 0.187. The van der Waals surface area contributed by atoms with E-state index in [0.29, 0.717) is 22.4 Å². The van der Waals surface area contributed by atoms with Crippen molar-refractivity contribution in [1.82, 2.24) is 9.97 Å². The van der Waals surface area contributed by atoms with Crippen LogP contribution in [0.1, 0.15) is 0 Å². The fourth-order valence-corrected chi connectivity index (χ4v) is 2.96. The summed E-state index contributed by atoms with van der Waals surface area (Å²) in [7, 11) is 5.38. The number of pyridine rings is 2. The number of nitrogens with zero attached hydrogens (tertiary/aromatic N) is 2. The van der Waals surface area contributed by atoms with Crippen LogP contribution in [0.2, 0.25) is 0 Å². The first kappa shape index (κ1) is 19.0. The minimum absolute atomic E-state index is 0.187. The van der Waals surface area contributed by atoms with E-state index < -0.39 is 0 Å². The van der Waals surface area contributed by atoms with Gasteiger partial charge in [-0.2, -0.15) is 0 Å². The van der Waals surface area contributed by atoms with Crippen LogP contribution in [0, 0.1) is 0 Å². The van der Waals surface area contributed by atoms with Gasteiger partial charge in [0.15, 0.2) is 11.5 Å². The van der Waals surface area contributed by atoms with E-state index in [4.69, 9.17) is 0 Å². The highest BCUT2D eigenvalue weighted by Crippen LogP contribution is 2.36. The van der Waals surface area contributed by atoms with Gasteiger partial charge in [0, 0.05) is 50.0 Å². The van der Waals surface area contributed by atoms with Crippen molar-refractivity contribution in [1.29, 1.82) is 0 Å². The topological polar surface area (TPSA) is 102 Å². The van der Waals surface area contributed by atoms with Gasteiger partial charge in [0.2, 0.25) is 0 Å². The smallest absolute Gasteiger partial charge is 0.165 e. The Hall–Kier alpha value is -3.74. The van der Waals surface area contributed by atoms with E-state index in [1.165, 1.54) is 0 Å². The number of rotatable bonds is 3. The van der Waals surface area contributed by atoms with E-state index in [1.807, 2.05) is 49.5 Å². The molecule has 0 unspecified atom stereocenters. The van der Waals surface area contributed by atoms with Gasteiger partial charge in [-0.05, 0) is 30.3 Å². The van der Waals surface area contributed by atoms with Crippen molar-refractivity contribution in [2.45, 2.75) is 0 Å². The van der Waals surface area contributed by atoms with Gasteiger partial charge in [0.05, 0.1) is 11.4 Å². The Morgan fingerprint density at radius 2 is 1.29 bits per heavy atom. The maximum absolute atomic E-state index is 9.92. The Morgan fingerprint density at radius 3 is 1.96 bits per heavy atom. The third-order valence-corrected chi connectivity index (χ3v) is 4.42. The largest absolute Gasteiger partial charge is 0.504 e. The normalized spacial score (nSPS) is 10.2. The number of hydrogen-bond acceptors (Lipinski definition) is 7. The zero-order chi connectivity index (χ0) is 20.1. The molecule has 2 heterocycles. The van der Waals surface area contributed by atoms with Gasteiger partial charge in [-0.15, -0.1) is 0 Å². The molecule has 0 radical (unpaired) electrons. The number of benzene rings is 2. The van der Waals surface area contributed by atoms with Crippen molar-refractivity contribution < 1.29 is 10.2 Å². The number of nitrogens with one attached hydrogen (secondary N) is 3. The summed E-state index contributed by atoms with van der Waals surface area (Å²) in [4.78, 5) is 8.27. The molecular formula is C21H23N5O2. The lowest BCUT2D eigenvalue weighted by Gasteiger charge is -2.11. The molecule has 0 bridgehead atoms. The molecule has 0 fully saturated rings. The molecule has 4 aromatic rings. The first-order valence-corrected chi connectivity index (χ1v) is 8.81. The van der Waals surface area contributed by atoms with E-state index in [0.717, 1.165) is 16.5 Å². The molecule has 144 valence electrons. The Labute approximate surface area is 163 Å². The lowest BCUT2D eigenvalue weighted by Crippen LogP contribution is -1.95. The lowest BCUT2D eigenvalue weighted by molar-refractivity contribution is 0.482. The Kier molecular flexibility index (Phi) is 5.64. The van der Waals surface area contributed by atoms with E-state index in [1.54, 1.807) is 26.5 Å². The fraction of sp³-hybridized carbons (Fsp3) is 0.143. The molecule has 7 nitrogen and oxygen atoms in total. The number of aromatic hydroxyl groups is 2. The lowest BCUT2D eigenvalue weighted by atomic mass is 10.1. The standard InChI is InChI=1S/C11H13N3O.C10H10N2O/c1-12-8-6-9(13-2)11(15)10-7(8)4-3-5-14-10;1-11-8-5-4-7-3-2-6-12-9(7)10(8)13/h3-6,12-13,15H,1-2H3;2-6,11,13H,1H3. The monoisotopic (exact) mass is 377 g/mol. The zero-order valence-electron chi connectivity index (χ0n) is 16.0. The second-order valence-corrected chi connectivity index (χ2v) is 6.01. The van der Waals surface area contributed by atoms with Crippen molar-refractivity contribution in [2.75, 3.05) is 37.1 Å². The van der Waals surface area contributed by atoms with Crippen LogP contribution < -0.4 is 16.0 Å². The predicted molar refractivity (Wildman–Crippen MR) is 115 cm³/mol. The minimum Gasteiger partial charge on any atom is -0.504 e. The average Bonchev–Trinajstić information content (AvgIpc) is 2.75. The highest BCUT2D eigenvalue weighted by atomic mass is 16.3. The molecule has 0 aliphatic heterocycles. The van der Waals surface area contributed by atoms with Crippen LogP contribution in [-0.2, 0) is 0 Å². The molecule has 2 aromatic heterocycles. The van der Waals surface area contributed by atoms with Gasteiger partial charge in [0.25, 0.3) is 0 Å². The molecule has 0 atom stereocenters. The summed E-state index contributed by atoms with van der Waals surface area (Å²) in [5, 5.41) is 30.4. The second-order valence-electron chi connectivity index (χ2n) is 6.01. The summed E-state index contributed by atoms with van der Waals surface area (Å²) in [6.07, 6.45) is 3.34. The number of fused-ring (bicyclic) bond motifs is 2. The quantitative estimate of drug-likeness (QED) is 0.272.